The third-order valence-corrected chi connectivity index (χ3v) is 4.53. The maximum absolute atomic E-state index is 13.0. The lowest BCUT2D eigenvalue weighted by Gasteiger charge is -2.18. The number of carbonyl (C=O) groups excluding carboxylic acids is 1. The molecule has 0 amide bonds. The number of benzene rings is 2. The van der Waals surface area contributed by atoms with Gasteiger partial charge in [0.15, 0.2) is 5.78 Å². The molecule has 0 aliphatic heterocycles. The number of ketones is 1. The Bertz CT molecular complexity index is 1170. The van der Waals surface area contributed by atoms with Crippen molar-refractivity contribution < 1.29 is 19.4 Å². The average Bonchev–Trinajstić information content (AvgIpc) is 2.74. The third kappa shape index (κ3) is 3.93. The van der Waals surface area contributed by atoms with Crippen LogP contribution in [-0.2, 0) is 6.42 Å². The first-order valence-corrected chi connectivity index (χ1v) is 9.28. The third-order valence-electron chi connectivity index (χ3n) is 4.53. The summed E-state index contributed by atoms with van der Waals surface area (Å²) in [6.45, 7) is 3.17. The number of Topliss-reactive ketones (excluding diaryl/α,β-unsaturated/α-hetero) is 1. The van der Waals surface area contributed by atoms with Crippen molar-refractivity contribution in [2.45, 2.75) is 20.3 Å². The van der Waals surface area contributed by atoms with E-state index in [-0.39, 0.29) is 22.8 Å². The molecule has 154 valence electrons. The minimum absolute atomic E-state index is 0.0175. The molecule has 0 unspecified atom stereocenters. The van der Waals surface area contributed by atoms with Crippen molar-refractivity contribution in [3.8, 4) is 17.0 Å². The monoisotopic (exact) mass is 407 g/mol. The zero-order valence-electron chi connectivity index (χ0n) is 16.8. The molecule has 3 aromatic rings. The van der Waals surface area contributed by atoms with Crippen LogP contribution in [0.4, 0.5) is 5.69 Å². The molecule has 30 heavy (non-hydrogen) atoms. The maximum atomic E-state index is 13.0. The van der Waals surface area contributed by atoms with Crippen LogP contribution in [0.15, 0.2) is 53.3 Å². The largest absolute Gasteiger partial charge is 0.496 e. The van der Waals surface area contributed by atoms with Gasteiger partial charge in [-0.3, -0.25) is 15.0 Å². The zero-order valence-corrected chi connectivity index (χ0v) is 16.8. The van der Waals surface area contributed by atoms with Crippen molar-refractivity contribution in [2.75, 3.05) is 12.5 Å². The van der Waals surface area contributed by atoms with Gasteiger partial charge in [0, 0.05) is 18.6 Å². The van der Waals surface area contributed by atoms with Gasteiger partial charge in [0.1, 0.15) is 28.4 Å². The number of aryl methyl sites for hydroxylation is 1. The number of hydrogen-bond donors (Lipinski definition) is 2. The molecule has 1 heterocycles. The SMILES string of the molecule is CCc1nc(-c2ccccc2)c(C(C)=O)n(Nc2ccc(C(=O)O)c(OC)c2)c1=O. The first kappa shape index (κ1) is 20.8. The van der Waals surface area contributed by atoms with Gasteiger partial charge in [-0.2, -0.15) is 0 Å². The Morgan fingerprint density at radius 1 is 1.17 bits per heavy atom. The molecular formula is C22H21N3O5. The number of carbonyl (C=O) groups is 2. The Morgan fingerprint density at radius 2 is 1.87 bits per heavy atom. The predicted molar refractivity (Wildman–Crippen MR) is 112 cm³/mol. The van der Waals surface area contributed by atoms with E-state index in [1.807, 2.05) is 30.3 Å². The first-order chi connectivity index (χ1) is 14.4. The van der Waals surface area contributed by atoms with Crippen LogP contribution >= 0.6 is 0 Å². The number of methoxy groups -OCH3 is 1. The Kier molecular flexibility index (Phi) is 5.96. The molecule has 3 rings (SSSR count). The van der Waals surface area contributed by atoms with Crippen molar-refractivity contribution in [3.05, 3.63) is 75.8 Å². The normalized spacial score (nSPS) is 10.5. The molecule has 0 spiro atoms. The first-order valence-electron chi connectivity index (χ1n) is 9.28. The summed E-state index contributed by atoms with van der Waals surface area (Å²) in [5.41, 5.74) is 4.31. The van der Waals surface area contributed by atoms with Gasteiger partial charge in [0.25, 0.3) is 5.56 Å². The number of nitrogens with zero attached hydrogens (tertiary/aromatic N) is 2. The topological polar surface area (TPSA) is 111 Å². The molecule has 0 radical (unpaired) electrons. The van der Waals surface area contributed by atoms with Crippen molar-refractivity contribution in [3.63, 3.8) is 0 Å². The second-order valence-corrected chi connectivity index (χ2v) is 6.50. The van der Waals surface area contributed by atoms with Gasteiger partial charge >= 0.3 is 5.97 Å². The summed E-state index contributed by atoms with van der Waals surface area (Å²) in [7, 11) is 1.36. The van der Waals surface area contributed by atoms with Crippen LogP contribution in [0.3, 0.4) is 0 Å². The summed E-state index contributed by atoms with van der Waals surface area (Å²) >= 11 is 0. The lowest BCUT2D eigenvalue weighted by molar-refractivity contribution is 0.0693. The molecule has 2 aromatic carbocycles. The average molecular weight is 407 g/mol. The highest BCUT2D eigenvalue weighted by molar-refractivity contribution is 5.98. The van der Waals surface area contributed by atoms with Crippen LogP contribution in [-0.4, -0.2) is 33.6 Å². The molecule has 0 atom stereocenters. The molecule has 0 fully saturated rings. The molecule has 8 nitrogen and oxygen atoms in total. The van der Waals surface area contributed by atoms with Gasteiger partial charge < -0.3 is 9.84 Å². The number of anilines is 1. The zero-order chi connectivity index (χ0) is 21.8. The fraction of sp³-hybridized carbons (Fsp3) is 0.182. The number of ether oxygens (including phenoxy) is 1. The van der Waals surface area contributed by atoms with E-state index in [1.54, 1.807) is 6.92 Å². The van der Waals surface area contributed by atoms with Crippen LogP contribution in [0.25, 0.3) is 11.3 Å². The standard InChI is InChI=1S/C22H21N3O5/c1-4-17-21(27)25(24-15-10-11-16(22(28)29)18(12-15)30-3)20(13(2)26)19(23-17)14-8-6-5-7-9-14/h5-12,24H,4H2,1-3H3,(H,28,29). The van der Waals surface area contributed by atoms with Gasteiger partial charge in [-0.15, -0.1) is 0 Å². The molecule has 0 saturated carbocycles. The van der Waals surface area contributed by atoms with Crippen LogP contribution in [0.2, 0.25) is 0 Å². The van der Waals surface area contributed by atoms with Gasteiger partial charge in [0.05, 0.1) is 12.8 Å². The van der Waals surface area contributed by atoms with Gasteiger partial charge in [-0.25, -0.2) is 14.5 Å². The van der Waals surface area contributed by atoms with E-state index in [2.05, 4.69) is 10.4 Å². The number of nitrogens with one attached hydrogen (secondary N) is 1. The molecule has 1 aromatic heterocycles. The van der Waals surface area contributed by atoms with Crippen LogP contribution in [0.1, 0.15) is 40.4 Å². The Hall–Kier alpha value is -3.94. The Morgan fingerprint density at radius 3 is 2.43 bits per heavy atom. The number of rotatable bonds is 7. The molecule has 0 aliphatic carbocycles. The molecule has 0 aliphatic rings. The van der Waals surface area contributed by atoms with Crippen molar-refractivity contribution >= 4 is 17.4 Å². The number of aromatic nitrogens is 2. The Balaban J connectivity index is 2.23. The van der Waals surface area contributed by atoms with Gasteiger partial charge in [-0.05, 0) is 18.6 Å². The lowest BCUT2D eigenvalue weighted by atomic mass is 10.1. The summed E-state index contributed by atoms with van der Waals surface area (Å²) < 4.78 is 6.30. The summed E-state index contributed by atoms with van der Waals surface area (Å²) in [6, 6.07) is 13.4. The highest BCUT2D eigenvalue weighted by atomic mass is 16.5. The fourth-order valence-corrected chi connectivity index (χ4v) is 3.10. The molecule has 8 heteroatoms. The molecular weight excluding hydrogens is 386 g/mol. The molecule has 0 bridgehead atoms. The van der Waals surface area contributed by atoms with Gasteiger partial charge in [0.2, 0.25) is 0 Å². The van der Waals surface area contributed by atoms with E-state index in [4.69, 9.17) is 4.74 Å². The summed E-state index contributed by atoms with van der Waals surface area (Å²) in [4.78, 5) is 41.3. The van der Waals surface area contributed by atoms with Crippen LogP contribution < -0.4 is 15.7 Å². The predicted octanol–water partition coefficient (Wildman–Crippen LogP) is 3.26. The highest BCUT2D eigenvalue weighted by Gasteiger charge is 2.21. The van der Waals surface area contributed by atoms with Crippen LogP contribution in [0.5, 0.6) is 5.75 Å². The Labute approximate surface area is 172 Å². The highest BCUT2D eigenvalue weighted by Crippen LogP contribution is 2.25. The second-order valence-electron chi connectivity index (χ2n) is 6.50. The fourth-order valence-electron chi connectivity index (χ4n) is 3.10. The van der Waals surface area contributed by atoms with E-state index in [0.717, 1.165) is 4.68 Å². The smallest absolute Gasteiger partial charge is 0.339 e. The number of carboxylic acids is 1. The van der Waals surface area contributed by atoms with E-state index in [0.29, 0.717) is 29.1 Å². The minimum atomic E-state index is -1.14. The summed E-state index contributed by atoms with van der Waals surface area (Å²) in [5, 5.41) is 9.26. The quantitative estimate of drug-likeness (QED) is 0.578. The minimum Gasteiger partial charge on any atom is -0.496 e. The summed E-state index contributed by atoms with van der Waals surface area (Å²) in [6.07, 6.45) is 0.375. The lowest BCUT2D eigenvalue weighted by Crippen LogP contribution is -2.35. The van der Waals surface area contributed by atoms with Crippen molar-refractivity contribution in [2.24, 2.45) is 0 Å². The van der Waals surface area contributed by atoms with E-state index >= 15 is 0 Å². The molecule has 0 saturated heterocycles. The van der Waals surface area contributed by atoms with Crippen LogP contribution in [0, 0.1) is 0 Å². The second kappa shape index (κ2) is 8.60. The molecule has 2 N–H and O–H groups in total. The van der Waals surface area contributed by atoms with E-state index < -0.39 is 11.5 Å². The van der Waals surface area contributed by atoms with Crippen molar-refractivity contribution in [1.29, 1.82) is 0 Å². The number of aromatic carboxylic acids is 1. The van der Waals surface area contributed by atoms with E-state index in [9.17, 15) is 19.5 Å². The maximum Gasteiger partial charge on any atom is 0.339 e. The number of hydrogen-bond acceptors (Lipinski definition) is 6. The summed E-state index contributed by atoms with van der Waals surface area (Å²) in [5.74, 6) is -1.36. The van der Waals surface area contributed by atoms with Crippen molar-refractivity contribution in [1.82, 2.24) is 9.66 Å². The van der Waals surface area contributed by atoms with Gasteiger partial charge in [-0.1, -0.05) is 37.3 Å². The van der Waals surface area contributed by atoms with E-state index in [1.165, 1.54) is 32.2 Å². The number of carboxylic acid groups (broad SMARTS) is 1.